The number of aromatic nitrogens is 1. The summed E-state index contributed by atoms with van der Waals surface area (Å²) >= 11 is 0. The Morgan fingerprint density at radius 1 is 0.846 bits per heavy atom. The molecule has 0 fully saturated rings. The van der Waals surface area contributed by atoms with Crippen LogP contribution in [-0.2, 0) is 7.05 Å². The summed E-state index contributed by atoms with van der Waals surface area (Å²) in [6.45, 7) is 14.1. The van der Waals surface area contributed by atoms with Crippen LogP contribution in [-0.4, -0.2) is 8.07 Å². The average molecular weight is 419 g/mol. The van der Waals surface area contributed by atoms with Crippen LogP contribution in [0.4, 0.5) is 25.2 Å². The fourth-order valence-corrected chi connectivity index (χ4v) is 8.47. The first kappa shape index (κ1) is 24.9. The van der Waals surface area contributed by atoms with Gasteiger partial charge in [-0.25, -0.2) is 0 Å². The zero-order valence-corrected chi connectivity index (χ0v) is 18.1. The number of rotatable bonds is 3. The monoisotopic (exact) mass is 419 g/mol. The second-order valence-corrected chi connectivity index (χ2v) is 14.8. The number of hydrogen-bond acceptors (Lipinski definition) is 0. The minimum atomic E-state index is -10.7. The Bertz CT molecular complexity index is 638. The van der Waals surface area contributed by atoms with Gasteiger partial charge in [0.1, 0.15) is 15.1 Å². The van der Waals surface area contributed by atoms with Crippen LogP contribution in [0.2, 0.25) is 16.6 Å². The SMILES string of the molecule is CC(C)[Si](C#Cc1cccc[n+]1C)(C(C)C)C(C)C.F[P-](F)(F)(F)(F)F. The molecular formula is C17H28F6NPSi. The third-order valence-electron chi connectivity index (χ3n) is 4.33. The summed E-state index contributed by atoms with van der Waals surface area (Å²) in [6, 6.07) is 6.21. The Morgan fingerprint density at radius 3 is 1.54 bits per heavy atom. The van der Waals surface area contributed by atoms with Crippen molar-refractivity contribution < 1.29 is 29.7 Å². The molecule has 0 aliphatic carbocycles. The molecule has 0 atom stereocenters. The second kappa shape index (κ2) is 7.51. The summed E-state index contributed by atoms with van der Waals surface area (Å²) < 4.78 is 61.3. The maximum atomic E-state index is 9.87. The maximum absolute atomic E-state index is 10.7. The molecule has 152 valence electrons. The zero-order valence-electron chi connectivity index (χ0n) is 16.2. The molecule has 0 aliphatic heterocycles. The van der Waals surface area contributed by atoms with Crippen LogP contribution in [0.1, 0.15) is 47.2 Å². The summed E-state index contributed by atoms with van der Waals surface area (Å²) in [7, 11) is -10.2. The molecule has 1 heterocycles. The molecule has 1 aromatic heterocycles. The van der Waals surface area contributed by atoms with E-state index < -0.39 is 15.9 Å². The molecule has 9 heteroatoms. The summed E-state index contributed by atoms with van der Waals surface area (Å²) in [5, 5.41) is 0. The van der Waals surface area contributed by atoms with Crippen molar-refractivity contribution in [1.82, 2.24) is 0 Å². The van der Waals surface area contributed by atoms with Crippen molar-refractivity contribution in [2.24, 2.45) is 7.05 Å². The molecule has 1 nitrogen and oxygen atoms in total. The van der Waals surface area contributed by atoms with Gasteiger partial charge < -0.3 is 0 Å². The molecule has 0 aliphatic rings. The quantitative estimate of drug-likeness (QED) is 0.157. The number of halogens is 6. The zero-order chi connectivity index (χ0) is 21.0. The molecule has 0 unspecified atom stereocenters. The third kappa shape index (κ3) is 9.58. The van der Waals surface area contributed by atoms with Crippen LogP contribution in [0.15, 0.2) is 24.4 Å². The van der Waals surface area contributed by atoms with E-state index in [4.69, 9.17) is 0 Å². The van der Waals surface area contributed by atoms with E-state index in [1.54, 1.807) is 0 Å². The Morgan fingerprint density at radius 2 is 1.23 bits per heavy atom. The predicted molar refractivity (Wildman–Crippen MR) is 99.1 cm³/mol. The van der Waals surface area contributed by atoms with Crippen LogP contribution < -0.4 is 4.57 Å². The van der Waals surface area contributed by atoms with Gasteiger partial charge in [-0.05, 0) is 28.6 Å². The van der Waals surface area contributed by atoms with E-state index in [1.807, 2.05) is 6.07 Å². The van der Waals surface area contributed by atoms with E-state index in [0.29, 0.717) is 16.6 Å². The fourth-order valence-electron chi connectivity index (χ4n) is 3.26. The van der Waals surface area contributed by atoms with Gasteiger partial charge in [0.25, 0.3) is 5.69 Å². The summed E-state index contributed by atoms with van der Waals surface area (Å²) in [5.41, 5.74) is 6.94. The molecule has 0 amide bonds. The summed E-state index contributed by atoms with van der Waals surface area (Å²) in [4.78, 5) is 0. The van der Waals surface area contributed by atoms with E-state index >= 15 is 0 Å². The van der Waals surface area contributed by atoms with Crippen LogP contribution in [0.5, 0.6) is 0 Å². The van der Waals surface area contributed by atoms with Gasteiger partial charge in [-0.3, -0.25) is 0 Å². The topological polar surface area (TPSA) is 3.88 Å². The van der Waals surface area contributed by atoms with Gasteiger partial charge in [0.15, 0.2) is 6.20 Å². The van der Waals surface area contributed by atoms with Gasteiger partial charge in [-0.2, -0.15) is 4.57 Å². The van der Waals surface area contributed by atoms with Gasteiger partial charge in [0.05, 0.1) is 0 Å². The first-order valence-electron chi connectivity index (χ1n) is 8.31. The molecule has 0 N–H and O–H groups in total. The van der Waals surface area contributed by atoms with Crippen molar-refractivity contribution in [3.8, 4) is 11.5 Å². The van der Waals surface area contributed by atoms with E-state index in [0.717, 1.165) is 5.69 Å². The Labute approximate surface area is 153 Å². The molecule has 0 saturated carbocycles. The number of nitrogens with zero attached hydrogens (tertiary/aromatic N) is 1. The van der Waals surface area contributed by atoms with E-state index in [1.165, 1.54) is 0 Å². The molecule has 0 saturated heterocycles. The minimum absolute atomic E-state index is 0.689. The van der Waals surface area contributed by atoms with Crippen molar-refractivity contribution in [2.45, 2.75) is 58.2 Å². The average Bonchev–Trinajstić information content (AvgIpc) is 2.36. The predicted octanol–water partition coefficient (Wildman–Crippen LogP) is 7.46. The van der Waals surface area contributed by atoms with Gasteiger partial charge in [0, 0.05) is 12.1 Å². The second-order valence-electron chi connectivity index (χ2n) is 7.30. The molecular weight excluding hydrogens is 391 g/mol. The number of pyridine rings is 1. The van der Waals surface area contributed by atoms with Crippen molar-refractivity contribution in [3.63, 3.8) is 0 Å². The number of aryl methyl sites for hydroxylation is 1. The van der Waals surface area contributed by atoms with Crippen molar-refractivity contribution in [1.29, 1.82) is 0 Å². The van der Waals surface area contributed by atoms with Crippen molar-refractivity contribution in [3.05, 3.63) is 30.1 Å². The van der Waals surface area contributed by atoms with Crippen LogP contribution in [0, 0.1) is 11.5 Å². The Hall–Kier alpha value is -1.06. The molecule has 0 aromatic carbocycles. The van der Waals surface area contributed by atoms with Crippen molar-refractivity contribution in [2.75, 3.05) is 0 Å². The van der Waals surface area contributed by atoms with E-state index in [9.17, 15) is 25.2 Å². The van der Waals surface area contributed by atoms with Gasteiger partial charge >= 0.3 is 33.0 Å². The van der Waals surface area contributed by atoms with Crippen molar-refractivity contribution >= 4 is 15.9 Å². The molecule has 26 heavy (non-hydrogen) atoms. The Balaban J connectivity index is 0.000000758. The normalized spacial score (nSPS) is 14.9. The molecule has 0 bridgehead atoms. The van der Waals surface area contributed by atoms with Gasteiger partial charge in [0.2, 0.25) is 0 Å². The standard InChI is InChI=1S/C17H28NSi.F6P/c1-14(2)19(15(3)4,16(5)6)13-11-17-10-8-9-12-18(17)7;1-7(2,3,4,5)6/h8-10,12,14-16H,1-7H3;/q+1;-1. The Kier molecular flexibility index (Phi) is 7.21. The fraction of sp³-hybridized carbons (Fsp3) is 0.588. The van der Waals surface area contributed by atoms with Crippen LogP contribution in [0.3, 0.4) is 0 Å². The van der Waals surface area contributed by atoms with Crippen LogP contribution >= 0.6 is 7.81 Å². The van der Waals surface area contributed by atoms with E-state index in [2.05, 4.69) is 83.0 Å². The molecule has 1 rings (SSSR count). The summed E-state index contributed by atoms with van der Waals surface area (Å²) in [6.07, 6.45) is 2.06. The molecule has 0 spiro atoms. The third-order valence-corrected chi connectivity index (χ3v) is 10.6. The first-order valence-corrected chi connectivity index (χ1v) is 12.6. The summed E-state index contributed by atoms with van der Waals surface area (Å²) in [5.74, 6) is 3.47. The molecule has 1 aromatic rings. The van der Waals surface area contributed by atoms with Crippen LogP contribution in [0.25, 0.3) is 0 Å². The van der Waals surface area contributed by atoms with Gasteiger partial charge in [-0.15, -0.1) is 5.54 Å². The molecule has 0 radical (unpaired) electrons. The first-order chi connectivity index (χ1) is 11.3. The van der Waals surface area contributed by atoms with E-state index in [-0.39, 0.29) is 0 Å². The number of hydrogen-bond donors (Lipinski definition) is 0. The van der Waals surface area contributed by atoms with Gasteiger partial charge in [-0.1, -0.05) is 41.5 Å².